The van der Waals surface area contributed by atoms with Crippen LogP contribution in [0.1, 0.15) is 46.6 Å². The van der Waals surface area contributed by atoms with Crippen LogP contribution in [0.3, 0.4) is 0 Å². The van der Waals surface area contributed by atoms with E-state index in [1.165, 1.54) is 11.8 Å². The van der Waals surface area contributed by atoms with Crippen molar-refractivity contribution in [3.05, 3.63) is 47.7 Å². The van der Waals surface area contributed by atoms with E-state index in [0.717, 1.165) is 5.56 Å². The number of hydrogen-bond donors (Lipinski definition) is 0. The average Bonchev–Trinajstić information content (AvgIpc) is 2.95. The van der Waals surface area contributed by atoms with Crippen molar-refractivity contribution in [2.24, 2.45) is 23.2 Å². The molecule has 1 aromatic carbocycles. The molecule has 0 N–H and O–H groups in total. The van der Waals surface area contributed by atoms with Gasteiger partial charge in [0.25, 0.3) is 0 Å². The third-order valence-corrected chi connectivity index (χ3v) is 12.7. The standard InChI is InChI=1S/C26H35NO5Si/c1-16(28)31-19-14-26(5)20(32-33(6,7)25(2,3)4)13-18(19)21-22(26)24(30)27(23(21)29)15-17-11-9-8-10-12-17/h8-12,14,18,20-22H,13,15H2,1-7H3/t18-,20+,21+,22-,26-/m0/s1. The molecule has 0 unspecified atom stereocenters. The fourth-order valence-electron chi connectivity index (χ4n) is 5.43. The highest BCUT2D eigenvalue weighted by molar-refractivity contribution is 6.74. The van der Waals surface area contributed by atoms with Gasteiger partial charge in [-0.3, -0.25) is 19.3 Å². The molecule has 6 nitrogen and oxygen atoms in total. The highest BCUT2D eigenvalue weighted by Crippen LogP contribution is 2.60. The first-order chi connectivity index (χ1) is 15.3. The molecule has 1 heterocycles. The fourth-order valence-corrected chi connectivity index (χ4v) is 6.85. The fraction of sp³-hybridized carbons (Fsp3) is 0.577. The summed E-state index contributed by atoms with van der Waals surface area (Å²) in [5, 5.41) is 0.0106. The van der Waals surface area contributed by atoms with Crippen LogP contribution in [0.4, 0.5) is 0 Å². The van der Waals surface area contributed by atoms with Gasteiger partial charge in [0.15, 0.2) is 8.32 Å². The van der Waals surface area contributed by atoms with Crippen molar-refractivity contribution in [3.63, 3.8) is 0 Å². The molecule has 2 amide bonds. The SMILES string of the molecule is CC(=O)OC1=C[C@]2(C)[C@@H]3C(=O)N(Cc4ccccc4)C(=O)[C@@H]3[C@H]1C[C@H]2O[Si](C)(C)C(C)(C)C. The molecule has 0 spiro atoms. The summed E-state index contributed by atoms with van der Waals surface area (Å²) in [7, 11) is -2.14. The quantitative estimate of drug-likeness (QED) is 0.356. The van der Waals surface area contributed by atoms with E-state index in [1.54, 1.807) is 0 Å². The van der Waals surface area contributed by atoms with Crippen LogP contribution >= 0.6 is 0 Å². The maximum absolute atomic E-state index is 13.7. The molecule has 5 rings (SSSR count). The van der Waals surface area contributed by atoms with Crippen molar-refractivity contribution in [1.82, 2.24) is 4.90 Å². The van der Waals surface area contributed by atoms with Crippen molar-refractivity contribution in [3.8, 4) is 0 Å². The van der Waals surface area contributed by atoms with Gasteiger partial charge in [-0.15, -0.1) is 0 Å². The van der Waals surface area contributed by atoms with Gasteiger partial charge in [0.2, 0.25) is 11.8 Å². The van der Waals surface area contributed by atoms with Gasteiger partial charge < -0.3 is 9.16 Å². The summed E-state index contributed by atoms with van der Waals surface area (Å²) in [4.78, 5) is 40.5. The van der Waals surface area contributed by atoms with E-state index in [1.807, 2.05) is 43.3 Å². The Kier molecular flexibility index (Phi) is 5.73. The summed E-state index contributed by atoms with van der Waals surface area (Å²) in [6.07, 6.45) is 2.28. The number of hydrogen-bond acceptors (Lipinski definition) is 5. The Morgan fingerprint density at radius 1 is 1.15 bits per heavy atom. The van der Waals surface area contributed by atoms with Crippen molar-refractivity contribution >= 4 is 26.1 Å². The van der Waals surface area contributed by atoms with Gasteiger partial charge in [-0.2, -0.15) is 0 Å². The van der Waals surface area contributed by atoms with Crippen molar-refractivity contribution < 1.29 is 23.5 Å². The van der Waals surface area contributed by atoms with Crippen LogP contribution in [-0.2, 0) is 30.1 Å². The van der Waals surface area contributed by atoms with Crippen LogP contribution in [0, 0.1) is 23.2 Å². The van der Waals surface area contributed by atoms with E-state index in [9.17, 15) is 14.4 Å². The first-order valence-electron chi connectivity index (χ1n) is 11.7. The lowest BCUT2D eigenvalue weighted by atomic mass is 9.53. The molecular formula is C26H35NO5Si. The first-order valence-corrected chi connectivity index (χ1v) is 14.7. The molecule has 33 heavy (non-hydrogen) atoms. The third kappa shape index (κ3) is 3.89. The van der Waals surface area contributed by atoms with Gasteiger partial charge in [-0.05, 0) is 36.2 Å². The average molecular weight is 470 g/mol. The van der Waals surface area contributed by atoms with Crippen LogP contribution in [0.5, 0.6) is 0 Å². The molecule has 178 valence electrons. The molecule has 4 aliphatic rings. The number of likely N-dealkylation sites (tertiary alicyclic amines) is 1. The smallest absolute Gasteiger partial charge is 0.307 e. The minimum atomic E-state index is -2.14. The Morgan fingerprint density at radius 2 is 1.79 bits per heavy atom. The number of benzene rings is 1. The number of amides is 2. The number of imide groups is 1. The largest absolute Gasteiger partial charge is 0.431 e. The maximum Gasteiger partial charge on any atom is 0.307 e. The van der Waals surface area contributed by atoms with Gasteiger partial charge in [0.05, 0.1) is 24.5 Å². The zero-order valence-corrected chi connectivity index (χ0v) is 21.7. The van der Waals surface area contributed by atoms with Gasteiger partial charge in [-0.25, -0.2) is 0 Å². The number of rotatable bonds is 5. The number of carbonyl (C=O) groups is 3. The second-order valence-corrected chi connectivity index (χ2v) is 16.2. The molecule has 1 saturated carbocycles. The van der Waals surface area contributed by atoms with E-state index < -0.39 is 31.5 Å². The van der Waals surface area contributed by atoms with E-state index in [-0.39, 0.29) is 35.4 Å². The van der Waals surface area contributed by atoms with Crippen molar-refractivity contribution in [1.29, 1.82) is 0 Å². The molecule has 0 aromatic heterocycles. The predicted molar refractivity (Wildman–Crippen MR) is 127 cm³/mol. The Hall–Kier alpha value is -2.25. The topological polar surface area (TPSA) is 72.9 Å². The number of nitrogens with zero attached hydrogens (tertiary/aromatic N) is 1. The van der Waals surface area contributed by atoms with Gasteiger partial charge in [0.1, 0.15) is 5.76 Å². The highest BCUT2D eigenvalue weighted by atomic mass is 28.4. The molecule has 5 atom stereocenters. The summed E-state index contributed by atoms with van der Waals surface area (Å²) < 4.78 is 12.4. The highest BCUT2D eigenvalue weighted by Gasteiger charge is 2.67. The van der Waals surface area contributed by atoms with Gasteiger partial charge in [-0.1, -0.05) is 58.0 Å². The minimum absolute atomic E-state index is 0.0106. The van der Waals surface area contributed by atoms with Crippen LogP contribution in [0.25, 0.3) is 0 Å². The maximum atomic E-state index is 13.7. The molecular weight excluding hydrogens is 434 g/mol. The Balaban J connectivity index is 1.72. The summed E-state index contributed by atoms with van der Waals surface area (Å²) >= 11 is 0. The molecule has 2 fully saturated rings. The zero-order valence-electron chi connectivity index (χ0n) is 20.7. The predicted octanol–water partition coefficient (Wildman–Crippen LogP) is 4.67. The lowest BCUT2D eigenvalue weighted by Crippen LogP contribution is -2.59. The van der Waals surface area contributed by atoms with Gasteiger partial charge in [0, 0.05) is 18.3 Å². The molecule has 0 radical (unpaired) electrons. The lowest BCUT2D eigenvalue weighted by Gasteiger charge is -2.55. The Bertz CT molecular complexity index is 1010. The van der Waals surface area contributed by atoms with Crippen molar-refractivity contribution in [2.45, 2.75) is 71.8 Å². The summed E-state index contributed by atoms with van der Waals surface area (Å²) in [6.45, 7) is 14.6. The van der Waals surface area contributed by atoms with E-state index >= 15 is 0 Å². The molecule has 2 bridgehead atoms. The molecule has 1 aliphatic heterocycles. The summed E-state index contributed by atoms with van der Waals surface area (Å²) in [6, 6.07) is 9.56. The van der Waals surface area contributed by atoms with Crippen molar-refractivity contribution in [2.75, 3.05) is 0 Å². The number of allylic oxidation sites excluding steroid dienone is 1. The van der Waals surface area contributed by atoms with E-state index in [0.29, 0.717) is 12.2 Å². The summed E-state index contributed by atoms with van der Waals surface area (Å²) in [5.41, 5.74) is 0.190. The minimum Gasteiger partial charge on any atom is -0.431 e. The summed E-state index contributed by atoms with van der Waals surface area (Å²) in [5.74, 6) is -1.59. The number of fused-ring (bicyclic) bond motifs is 1. The van der Waals surface area contributed by atoms with Crippen LogP contribution in [-0.4, -0.2) is 37.1 Å². The molecule has 7 heteroatoms. The Morgan fingerprint density at radius 3 is 2.36 bits per heavy atom. The lowest BCUT2D eigenvalue weighted by molar-refractivity contribution is -0.147. The van der Waals surface area contributed by atoms with Crippen LogP contribution in [0.15, 0.2) is 42.2 Å². The second kappa shape index (κ2) is 7.91. The van der Waals surface area contributed by atoms with E-state index in [2.05, 4.69) is 33.9 Å². The van der Waals surface area contributed by atoms with E-state index in [4.69, 9.17) is 9.16 Å². The zero-order chi connectivity index (χ0) is 24.3. The van der Waals surface area contributed by atoms with Crippen LogP contribution < -0.4 is 0 Å². The third-order valence-electron chi connectivity index (χ3n) is 8.21. The van der Waals surface area contributed by atoms with Crippen LogP contribution in [0.2, 0.25) is 18.1 Å². The second-order valence-electron chi connectivity index (χ2n) is 11.5. The number of ether oxygens (including phenoxy) is 1. The molecule has 1 saturated heterocycles. The number of esters is 1. The Labute approximate surface area is 197 Å². The van der Waals surface area contributed by atoms with Gasteiger partial charge >= 0.3 is 5.97 Å². The molecule has 1 aromatic rings. The monoisotopic (exact) mass is 469 g/mol. The number of carbonyl (C=O) groups excluding carboxylic acids is 3. The molecule has 3 aliphatic carbocycles. The normalized spacial score (nSPS) is 31.5. The first kappa shape index (κ1) is 23.9.